The molecule has 6 nitrogen and oxygen atoms in total. The maximum Gasteiger partial charge on any atom is 0.251 e. The molecule has 0 saturated carbocycles. The fraction of sp³-hybridized carbons (Fsp3) is 0.375. The Morgan fingerprint density at radius 3 is 2.42 bits per heavy atom. The Morgan fingerprint density at radius 2 is 1.88 bits per heavy atom. The molecule has 1 atom stereocenters. The monoisotopic (exact) mass is 366 g/mol. The van der Waals surface area contributed by atoms with Crippen molar-refractivity contribution in [3.63, 3.8) is 0 Å². The largest absolute Gasteiger partial charge is 0.340 e. The minimum atomic E-state index is -0.679. The van der Waals surface area contributed by atoms with Gasteiger partial charge in [-0.2, -0.15) is 0 Å². The van der Waals surface area contributed by atoms with Crippen LogP contribution >= 0.6 is 22.9 Å². The second-order valence-corrected chi connectivity index (χ2v) is 7.04. The molecule has 1 aromatic carbocycles. The minimum Gasteiger partial charge on any atom is -0.340 e. The van der Waals surface area contributed by atoms with Crippen molar-refractivity contribution in [2.24, 2.45) is 5.92 Å². The van der Waals surface area contributed by atoms with Crippen LogP contribution in [-0.2, 0) is 11.2 Å². The summed E-state index contributed by atoms with van der Waals surface area (Å²) in [6, 6.07) is 5.82. The summed E-state index contributed by atoms with van der Waals surface area (Å²) < 4.78 is 0. The molecule has 0 fully saturated rings. The van der Waals surface area contributed by atoms with Gasteiger partial charge in [0.15, 0.2) is 0 Å². The third-order valence-corrected chi connectivity index (χ3v) is 4.58. The number of aryl methyl sites for hydroxylation is 1. The summed E-state index contributed by atoms with van der Waals surface area (Å²) in [5, 5.41) is 15.2. The number of nitrogens with one attached hydrogen (secondary N) is 2. The van der Waals surface area contributed by atoms with Crippen LogP contribution in [0.2, 0.25) is 5.02 Å². The zero-order valence-electron chi connectivity index (χ0n) is 13.7. The average molecular weight is 367 g/mol. The molecule has 0 spiro atoms. The fourth-order valence-electron chi connectivity index (χ4n) is 1.99. The van der Waals surface area contributed by atoms with E-state index in [0.29, 0.717) is 15.7 Å². The smallest absolute Gasteiger partial charge is 0.251 e. The van der Waals surface area contributed by atoms with Crippen LogP contribution < -0.4 is 10.6 Å². The molecule has 1 heterocycles. The van der Waals surface area contributed by atoms with Crippen molar-refractivity contribution in [3.8, 4) is 0 Å². The Morgan fingerprint density at radius 1 is 1.21 bits per heavy atom. The summed E-state index contributed by atoms with van der Waals surface area (Å²) in [7, 11) is 0. The number of hydrogen-bond donors (Lipinski definition) is 2. The Balaban J connectivity index is 2.06. The number of nitrogens with zero attached hydrogens (tertiary/aromatic N) is 2. The Bertz CT molecular complexity index is 715. The minimum absolute atomic E-state index is 0.0835. The summed E-state index contributed by atoms with van der Waals surface area (Å²) in [5.41, 5.74) is 0.446. The molecule has 0 aliphatic carbocycles. The van der Waals surface area contributed by atoms with Gasteiger partial charge in [-0.3, -0.25) is 14.9 Å². The summed E-state index contributed by atoms with van der Waals surface area (Å²) in [5.74, 6) is -0.724. The second-order valence-electron chi connectivity index (χ2n) is 5.55. The highest BCUT2D eigenvalue weighted by molar-refractivity contribution is 7.15. The Labute approximate surface area is 149 Å². The molecule has 0 aliphatic heterocycles. The highest BCUT2D eigenvalue weighted by Crippen LogP contribution is 2.17. The van der Waals surface area contributed by atoms with Crippen LogP contribution in [0, 0.1) is 5.92 Å². The maximum atomic E-state index is 12.5. The molecule has 2 N–H and O–H groups in total. The first kappa shape index (κ1) is 18.4. The summed E-state index contributed by atoms with van der Waals surface area (Å²) >= 11 is 7.15. The molecule has 0 radical (unpaired) electrons. The van der Waals surface area contributed by atoms with Crippen molar-refractivity contribution in [1.29, 1.82) is 0 Å². The Kier molecular flexibility index (Phi) is 6.28. The van der Waals surface area contributed by atoms with Crippen molar-refractivity contribution in [3.05, 3.63) is 39.9 Å². The lowest BCUT2D eigenvalue weighted by molar-refractivity contribution is -0.118. The van der Waals surface area contributed by atoms with Gasteiger partial charge in [-0.25, -0.2) is 0 Å². The maximum absolute atomic E-state index is 12.5. The molecule has 2 amide bonds. The number of hydrogen-bond acceptors (Lipinski definition) is 5. The van der Waals surface area contributed by atoms with Gasteiger partial charge in [0, 0.05) is 10.6 Å². The molecule has 2 aromatic rings. The van der Waals surface area contributed by atoms with Crippen LogP contribution in [0.5, 0.6) is 0 Å². The number of halogens is 1. The van der Waals surface area contributed by atoms with Crippen molar-refractivity contribution in [2.45, 2.75) is 33.2 Å². The zero-order valence-corrected chi connectivity index (χ0v) is 15.2. The van der Waals surface area contributed by atoms with E-state index in [9.17, 15) is 9.59 Å². The topological polar surface area (TPSA) is 84.0 Å². The van der Waals surface area contributed by atoms with Crippen molar-refractivity contribution < 1.29 is 9.59 Å². The van der Waals surface area contributed by atoms with Crippen molar-refractivity contribution in [2.75, 3.05) is 5.32 Å². The number of benzene rings is 1. The number of amides is 2. The number of aromatic nitrogens is 2. The van der Waals surface area contributed by atoms with Crippen molar-refractivity contribution >= 4 is 39.9 Å². The van der Waals surface area contributed by atoms with Gasteiger partial charge in [0.2, 0.25) is 11.0 Å². The third kappa shape index (κ3) is 4.75. The normalized spacial score (nSPS) is 12.0. The summed E-state index contributed by atoms with van der Waals surface area (Å²) in [4.78, 5) is 24.8. The molecule has 8 heteroatoms. The lowest BCUT2D eigenvalue weighted by Crippen LogP contribution is -2.47. The molecule has 0 unspecified atom stereocenters. The van der Waals surface area contributed by atoms with Gasteiger partial charge < -0.3 is 5.32 Å². The van der Waals surface area contributed by atoms with Crippen LogP contribution in [-0.4, -0.2) is 28.1 Å². The first-order chi connectivity index (χ1) is 11.4. The zero-order chi connectivity index (χ0) is 17.7. The predicted molar refractivity (Wildman–Crippen MR) is 95.5 cm³/mol. The molecule has 2 rings (SSSR count). The summed E-state index contributed by atoms with van der Waals surface area (Å²) in [6.07, 6.45) is 0.758. The molecule has 0 aliphatic rings. The van der Waals surface area contributed by atoms with E-state index in [1.807, 2.05) is 20.8 Å². The van der Waals surface area contributed by atoms with E-state index in [0.717, 1.165) is 11.4 Å². The number of carbonyl (C=O) groups is 2. The number of anilines is 1. The van der Waals surface area contributed by atoms with E-state index >= 15 is 0 Å². The van der Waals surface area contributed by atoms with Gasteiger partial charge >= 0.3 is 0 Å². The molecular formula is C16H19ClN4O2S. The van der Waals surface area contributed by atoms with E-state index in [1.54, 1.807) is 24.3 Å². The van der Waals surface area contributed by atoms with Gasteiger partial charge in [-0.05, 0) is 36.6 Å². The van der Waals surface area contributed by atoms with Crippen LogP contribution in [0.1, 0.15) is 36.1 Å². The van der Waals surface area contributed by atoms with Crippen LogP contribution in [0.4, 0.5) is 5.13 Å². The third-order valence-electron chi connectivity index (χ3n) is 3.34. The highest BCUT2D eigenvalue weighted by atomic mass is 35.5. The van der Waals surface area contributed by atoms with E-state index in [2.05, 4.69) is 20.8 Å². The molecule has 0 saturated heterocycles. The predicted octanol–water partition coefficient (Wildman–Crippen LogP) is 3.15. The van der Waals surface area contributed by atoms with Gasteiger partial charge in [0.05, 0.1) is 0 Å². The average Bonchev–Trinajstić information content (AvgIpc) is 3.00. The van der Waals surface area contributed by atoms with Gasteiger partial charge in [-0.1, -0.05) is 43.7 Å². The summed E-state index contributed by atoms with van der Waals surface area (Å²) in [6.45, 7) is 5.70. The van der Waals surface area contributed by atoms with Gasteiger partial charge in [0.25, 0.3) is 5.91 Å². The standard InChI is InChI=1S/C16H19ClN4O2S/c1-4-12-20-21-16(24-12)19-15(23)13(9(2)3)18-14(22)10-5-7-11(17)8-6-10/h5-9,13H,4H2,1-3H3,(H,18,22)(H,19,21,23)/t13-/m0/s1. The van der Waals surface area contributed by atoms with E-state index in [-0.39, 0.29) is 17.7 Å². The van der Waals surface area contributed by atoms with Gasteiger partial charge in [-0.15, -0.1) is 10.2 Å². The van der Waals surface area contributed by atoms with E-state index in [1.165, 1.54) is 11.3 Å². The van der Waals surface area contributed by atoms with Crippen LogP contribution in [0.25, 0.3) is 0 Å². The quantitative estimate of drug-likeness (QED) is 0.822. The molecular weight excluding hydrogens is 348 g/mol. The lowest BCUT2D eigenvalue weighted by atomic mass is 10.0. The van der Waals surface area contributed by atoms with E-state index in [4.69, 9.17) is 11.6 Å². The second kappa shape index (κ2) is 8.21. The number of rotatable bonds is 6. The number of carbonyl (C=O) groups excluding carboxylic acids is 2. The van der Waals surface area contributed by atoms with Crippen LogP contribution in [0.3, 0.4) is 0 Å². The van der Waals surface area contributed by atoms with Crippen molar-refractivity contribution in [1.82, 2.24) is 15.5 Å². The Hall–Kier alpha value is -1.99. The molecule has 1 aromatic heterocycles. The first-order valence-electron chi connectivity index (χ1n) is 7.60. The molecule has 24 heavy (non-hydrogen) atoms. The SMILES string of the molecule is CCc1nnc(NC(=O)[C@@H](NC(=O)c2ccc(Cl)cc2)C(C)C)s1. The highest BCUT2D eigenvalue weighted by Gasteiger charge is 2.25. The fourth-order valence-corrected chi connectivity index (χ4v) is 2.80. The first-order valence-corrected chi connectivity index (χ1v) is 8.79. The lowest BCUT2D eigenvalue weighted by Gasteiger charge is -2.21. The molecule has 0 bridgehead atoms. The molecule has 128 valence electrons. The van der Waals surface area contributed by atoms with E-state index < -0.39 is 6.04 Å². The van der Waals surface area contributed by atoms with Crippen LogP contribution in [0.15, 0.2) is 24.3 Å². The van der Waals surface area contributed by atoms with Gasteiger partial charge in [0.1, 0.15) is 11.0 Å².